The van der Waals surface area contributed by atoms with Crippen molar-refractivity contribution in [2.45, 2.75) is 85.8 Å². The predicted molar refractivity (Wildman–Crippen MR) is 138 cm³/mol. The minimum atomic E-state index is -3.49. The van der Waals surface area contributed by atoms with Crippen LogP contribution in [-0.2, 0) is 16.1 Å². The van der Waals surface area contributed by atoms with Gasteiger partial charge in [0.15, 0.2) is 0 Å². The van der Waals surface area contributed by atoms with Crippen LogP contribution in [0.2, 0.25) is 47.7 Å². The second-order valence-electron chi connectivity index (χ2n) is 16.6. The molecule has 196 valence electrons. The first-order valence-corrected chi connectivity index (χ1v) is 20.9. The average Bonchev–Trinajstić information content (AvgIpc) is 3.82. The van der Waals surface area contributed by atoms with Crippen molar-refractivity contribution in [3.63, 3.8) is 0 Å². The number of rotatable bonds is 8. The van der Waals surface area contributed by atoms with Gasteiger partial charge in [-0.3, -0.25) is 0 Å². The zero-order chi connectivity index (χ0) is 25.1. The molecule has 11 aliphatic rings. The Labute approximate surface area is 211 Å². The summed E-state index contributed by atoms with van der Waals surface area (Å²) in [6, 6.07) is 14.8. The fourth-order valence-corrected chi connectivity index (χ4v) is 96.2. The third-order valence-electron chi connectivity index (χ3n) is 20.1. The number of likely N-dealkylation sites (tertiary alicyclic amines) is 1. The van der Waals surface area contributed by atoms with Gasteiger partial charge in [-0.15, -0.1) is 0 Å². The Morgan fingerprint density at radius 1 is 0.816 bits per heavy atom. The first-order chi connectivity index (χ1) is 18.2. The molecule has 0 bridgehead atoms. The number of aromatic hydroxyl groups is 2. The standard InChI is InChI=1S/C27H26NO4.C5H5.Fe/c29-22-13-9-19(10-14-22)24(20-11-15-23(30)16-12-20)7-3-4-8-25(21-5-1-2-6-21)28-26(31)17-18-27(28)32;1-2-4-5-3-1;/h1-2,5-7,9-16,25,29-30H,3-4,8,17-18H2;1-5H;. The number of nitrogens with zero attached hydrogens (tertiary/aromatic N) is 1. The first kappa shape index (κ1) is 18.7. The van der Waals surface area contributed by atoms with Gasteiger partial charge in [-0.1, -0.05) is 0 Å². The fraction of sp³-hybridized carbons (Fsp3) is 0.500. The number of hydrogen-bond acceptors (Lipinski definition) is 4. The predicted octanol–water partition coefficient (Wildman–Crippen LogP) is 6.98. The Hall–Kier alpha value is -2.56. The second kappa shape index (κ2) is 2.84. The zero-order valence-corrected chi connectivity index (χ0v) is 22.1. The molecule has 11 heterocycles. The number of amides is 2. The van der Waals surface area contributed by atoms with Crippen LogP contribution in [0.5, 0.6) is 11.5 Å². The first-order valence-electron chi connectivity index (χ1n) is 14.6. The van der Waals surface area contributed by atoms with E-state index in [1.807, 2.05) is 29.2 Å². The van der Waals surface area contributed by atoms with E-state index in [2.05, 4.69) is 6.08 Å². The molecule has 38 heavy (non-hydrogen) atoms. The summed E-state index contributed by atoms with van der Waals surface area (Å²) < 4.78 is 0.509. The number of phenolic OH excluding ortho intramolecular Hbond substituents is 2. The summed E-state index contributed by atoms with van der Waals surface area (Å²) in [6.45, 7) is -3.49. The Morgan fingerprint density at radius 2 is 1.29 bits per heavy atom. The minimum absolute atomic E-state index is 0.125. The molecule has 0 aliphatic carbocycles. The number of fused-ring (bicyclic) bond motifs is 10. The van der Waals surface area contributed by atoms with Crippen LogP contribution in [0.15, 0.2) is 54.6 Å². The summed E-state index contributed by atoms with van der Waals surface area (Å²) in [6.07, 6.45) is 5.98. The number of phenols is 2. The molecular formula is C32H31FeNO4. The second-order valence-corrected chi connectivity index (χ2v) is 40.2. The third kappa shape index (κ3) is 0.488. The number of imide groups is 1. The van der Waals surface area contributed by atoms with E-state index in [9.17, 15) is 19.8 Å². The molecular weight excluding hydrogens is 518 g/mol. The van der Waals surface area contributed by atoms with E-state index in [0.717, 1.165) is 45.6 Å². The van der Waals surface area contributed by atoms with Crippen LogP contribution in [0.1, 0.15) is 43.2 Å². The van der Waals surface area contributed by atoms with Crippen molar-refractivity contribution in [3.8, 4) is 11.5 Å². The van der Waals surface area contributed by atoms with Crippen LogP contribution in [0, 0.1) is 0 Å². The van der Waals surface area contributed by atoms with Gasteiger partial charge in [-0.25, -0.2) is 0 Å². The number of unbranched alkanes of at least 4 members (excludes halogenated alkanes) is 1. The van der Waals surface area contributed by atoms with E-state index >= 15 is 0 Å². The molecule has 1 spiro atoms. The Bertz CT molecular complexity index is 1860. The molecule has 2 N–H and O–H groups in total. The molecule has 5 nitrogen and oxygen atoms in total. The number of carbonyl (C=O) groups is 2. The molecule has 2 aromatic carbocycles. The Kier molecular flexibility index (Phi) is 1.40. The molecule has 0 radical (unpaired) electrons. The van der Waals surface area contributed by atoms with Crippen molar-refractivity contribution in [1.82, 2.24) is 4.90 Å². The monoisotopic (exact) mass is 549 g/mol. The van der Waals surface area contributed by atoms with Crippen molar-refractivity contribution in [2.24, 2.45) is 0 Å². The molecule has 5 unspecified atom stereocenters. The van der Waals surface area contributed by atoms with E-state index in [0.29, 0.717) is 17.2 Å². The number of allylic oxidation sites excluding steroid dienone is 1. The molecule has 13 rings (SSSR count). The third-order valence-corrected chi connectivity index (χ3v) is 62.8. The van der Waals surface area contributed by atoms with Gasteiger partial charge in [-0.05, 0) is 0 Å². The van der Waals surface area contributed by atoms with Gasteiger partial charge in [-0.2, -0.15) is 0 Å². The van der Waals surface area contributed by atoms with E-state index < -0.39 is 6.51 Å². The topological polar surface area (TPSA) is 77.8 Å². The van der Waals surface area contributed by atoms with E-state index in [1.54, 1.807) is 24.3 Å². The summed E-state index contributed by atoms with van der Waals surface area (Å²) in [7, 11) is 0. The van der Waals surface area contributed by atoms with Gasteiger partial charge in [0.2, 0.25) is 0 Å². The summed E-state index contributed by atoms with van der Waals surface area (Å²) in [5.74, 6) is 0.740. The fourth-order valence-electron chi connectivity index (χ4n) is 21.0. The van der Waals surface area contributed by atoms with Gasteiger partial charge >= 0.3 is 212 Å². The van der Waals surface area contributed by atoms with E-state index in [4.69, 9.17) is 0 Å². The van der Waals surface area contributed by atoms with Gasteiger partial charge < -0.3 is 0 Å². The van der Waals surface area contributed by atoms with Crippen LogP contribution in [0.3, 0.4) is 0 Å². The maximum atomic E-state index is 13.2. The van der Waals surface area contributed by atoms with E-state index in [1.165, 1.54) is 33.7 Å². The van der Waals surface area contributed by atoms with E-state index in [-0.39, 0.29) is 29.4 Å². The molecule has 6 heteroatoms. The molecule has 11 fully saturated rings. The average molecular weight is 549 g/mol. The van der Waals surface area contributed by atoms with Gasteiger partial charge in [0.25, 0.3) is 0 Å². The van der Waals surface area contributed by atoms with Crippen molar-refractivity contribution in [1.29, 1.82) is 0 Å². The van der Waals surface area contributed by atoms with Crippen LogP contribution < -0.4 is 0 Å². The molecule has 0 saturated carbocycles. The van der Waals surface area contributed by atoms with Crippen LogP contribution >= 0.6 is 0 Å². The Balaban J connectivity index is 0.879. The molecule has 11 aliphatic heterocycles. The summed E-state index contributed by atoms with van der Waals surface area (Å²) in [5.41, 5.74) is 3.16. The molecule has 0 aromatic heterocycles. The molecule has 2 aromatic rings. The summed E-state index contributed by atoms with van der Waals surface area (Å²) >= 11 is 0. The summed E-state index contributed by atoms with van der Waals surface area (Å²) in [4.78, 5) is 38.7. The molecule has 11 saturated heterocycles. The van der Waals surface area contributed by atoms with Crippen molar-refractivity contribution in [3.05, 3.63) is 65.7 Å². The number of benzene rings is 2. The van der Waals surface area contributed by atoms with Crippen molar-refractivity contribution in [2.75, 3.05) is 0 Å². The SMILES string of the molecule is O=C1CCC(=O)N1C(CCCC=C(c1ccc(O)cc1)c1ccc(O)cc1)[C]12[CH]3[CH]4[CH]5[CH]1[Fe]45321678[CH]2[CH]1[CH]6[CH]7[CH]28. The number of hydrogen-bond donors (Lipinski definition) is 2. The van der Waals surface area contributed by atoms with Crippen LogP contribution in [0.4, 0.5) is 0 Å². The Morgan fingerprint density at radius 3 is 1.68 bits per heavy atom. The van der Waals surface area contributed by atoms with Crippen LogP contribution in [0.25, 0.3) is 5.57 Å². The van der Waals surface area contributed by atoms with Gasteiger partial charge in [0.05, 0.1) is 0 Å². The van der Waals surface area contributed by atoms with Gasteiger partial charge in [0, 0.05) is 0 Å². The van der Waals surface area contributed by atoms with Crippen LogP contribution in [-0.4, -0.2) is 33.0 Å². The quantitative estimate of drug-likeness (QED) is 0.212. The maximum absolute atomic E-state index is 13.2. The van der Waals surface area contributed by atoms with Gasteiger partial charge in [0.1, 0.15) is 0 Å². The van der Waals surface area contributed by atoms with Crippen molar-refractivity contribution < 1.29 is 26.3 Å². The molecule has 2 amide bonds. The van der Waals surface area contributed by atoms with Crippen molar-refractivity contribution >= 4 is 17.4 Å². The zero-order valence-electron chi connectivity index (χ0n) is 21.0. The summed E-state index contributed by atoms with van der Waals surface area (Å²) in [5, 5.41) is 19.6. The normalized spacial score (nSPS) is 62.6. The molecule has 5 atom stereocenters. The number of carbonyl (C=O) groups excluding carboxylic acids is 2.